The Balaban J connectivity index is 1.29. The molecule has 0 fully saturated rings. The molecule has 3 heterocycles. The maximum absolute atomic E-state index is 12.2. The van der Waals surface area contributed by atoms with Crippen molar-refractivity contribution in [3.63, 3.8) is 0 Å². The maximum atomic E-state index is 12.2. The number of hydrogen-bond acceptors (Lipinski definition) is 4. The zero-order valence-corrected chi connectivity index (χ0v) is 16.0. The molecule has 4 rings (SSSR count). The second-order valence-corrected chi connectivity index (χ2v) is 7.01. The number of aryl methyl sites for hydroxylation is 1. The predicted octanol–water partition coefficient (Wildman–Crippen LogP) is 3.18. The number of nitrogens with zero attached hydrogens (tertiary/aromatic N) is 3. The van der Waals surface area contributed by atoms with Gasteiger partial charge in [-0.2, -0.15) is 5.10 Å². The van der Waals surface area contributed by atoms with Crippen molar-refractivity contribution < 1.29 is 9.21 Å². The summed E-state index contributed by atoms with van der Waals surface area (Å²) in [4.78, 5) is 14.3. The molecule has 0 saturated carbocycles. The van der Waals surface area contributed by atoms with Crippen LogP contribution in [0.3, 0.4) is 0 Å². The van der Waals surface area contributed by atoms with Crippen molar-refractivity contribution in [2.75, 3.05) is 19.6 Å². The van der Waals surface area contributed by atoms with Crippen molar-refractivity contribution >= 4 is 11.5 Å². The van der Waals surface area contributed by atoms with E-state index >= 15 is 0 Å². The average Bonchev–Trinajstić information content (AvgIpc) is 3.37. The number of rotatable bonds is 6. The van der Waals surface area contributed by atoms with Gasteiger partial charge in [-0.1, -0.05) is 24.3 Å². The first-order valence-electron chi connectivity index (χ1n) is 9.51. The zero-order valence-electron chi connectivity index (χ0n) is 16.0. The first-order valence-corrected chi connectivity index (χ1v) is 9.51. The lowest BCUT2D eigenvalue weighted by Gasteiger charge is -2.25. The quantitative estimate of drug-likeness (QED) is 0.718. The normalized spacial score (nSPS) is 14.7. The van der Waals surface area contributed by atoms with Gasteiger partial charge >= 0.3 is 0 Å². The largest absolute Gasteiger partial charge is 0.465 e. The van der Waals surface area contributed by atoms with E-state index < -0.39 is 0 Å². The second-order valence-electron chi connectivity index (χ2n) is 7.01. The van der Waals surface area contributed by atoms with Gasteiger partial charge in [-0.05, 0) is 43.2 Å². The van der Waals surface area contributed by atoms with Crippen LogP contribution in [0.2, 0.25) is 0 Å². The molecule has 6 heteroatoms. The number of para-hydroxylation sites is 1. The van der Waals surface area contributed by atoms with Crippen molar-refractivity contribution in [2.45, 2.75) is 19.9 Å². The summed E-state index contributed by atoms with van der Waals surface area (Å²) < 4.78 is 7.37. The topological polar surface area (TPSA) is 63.3 Å². The molecule has 0 radical (unpaired) electrons. The van der Waals surface area contributed by atoms with Crippen LogP contribution in [0.15, 0.2) is 65.4 Å². The number of carbonyl (C=O) groups is 1. The molecule has 1 aromatic carbocycles. The Labute approximate surface area is 164 Å². The number of amides is 1. The molecule has 2 aromatic heterocycles. The highest BCUT2D eigenvalue weighted by Gasteiger charge is 2.17. The lowest BCUT2D eigenvalue weighted by Crippen LogP contribution is -2.38. The standard InChI is InChI=1S/C22H24N4O2/c1-17-7-8-21(28-17)14-23-22(27)16-25-11-9-18(10-12-25)19-13-24-26(15-19)20-5-3-2-4-6-20/h2-9,13,15H,10-12,14,16H2,1H3,(H,23,27). The van der Waals surface area contributed by atoms with Crippen LogP contribution < -0.4 is 5.32 Å². The minimum Gasteiger partial charge on any atom is -0.465 e. The predicted molar refractivity (Wildman–Crippen MR) is 108 cm³/mol. The number of hydrogen-bond donors (Lipinski definition) is 1. The van der Waals surface area contributed by atoms with E-state index in [4.69, 9.17) is 4.42 Å². The average molecular weight is 376 g/mol. The van der Waals surface area contributed by atoms with Crippen LogP contribution in [0.5, 0.6) is 0 Å². The summed E-state index contributed by atoms with van der Waals surface area (Å²) in [6.45, 7) is 4.34. The van der Waals surface area contributed by atoms with Crippen LogP contribution in [0.1, 0.15) is 23.5 Å². The Kier molecular flexibility index (Phi) is 5.39. The van der Waals surface area contributed by atoms with E-state index in [1.165, 1.54) is 5.57 Å². The minimum atomic E-state index is 0.0165. The highest BCUT2D eigenvalue weighted by atomic mass is 16.3. The van der Waals surface area contributed by atoms with Crippen molar-refractivity contribution in [1.29, 1.82) is 0 Å². The van der Waals surface area contributed by atoms with E-state index in [1.807, 2.05) is 60.3 Å². The Hall–Kier alpha value is -3.12. The van der Waals surface area contributed by atoms with Gasteiger partial charge in [-0.25, -0.2) is 4.68 Å². The number of aromatic nitrogens is 2. The molecule has 0 bridgehead atoms. The molecule has 3 aromatic rings. The summed E-state index contributed by atoms with van der Waals surface area (Å²) in [6.07, 6.45) is 7.07. The molecule has 144 valence electrons. The summed E-state index contributed by atoms with van der Waals surface area (Å²) in [5.41, 5.74) is 3.47. The van der Waals surface area contributed by atoms with Crippen LogP contribution in [0.25, 0.3) is 11.3 Å². The molecular weight excluding hydrogens is 352 g/mol. The molecule has 1 amide bonds. The zero-order chi connectivity index (χ0) is 19.3. The van der Waals surface area contributed by atoms with Crippen molar-refractivity contribution in [3.8, 4) is 5.69 Å². The van der Waals surface area contributed by atoms with Crippen LogP contribution in [-0.2, 0) is 11.3 Å². The smallest absolute Gasteiger partial charge is 0.234 e. The molecule has 0 atom stereocenters. The molecule has 0 spiro atoms. The fourth-order valence-electron chi connectivity index (χ4n) is 3.35. The van der Waals surface area contributed by atoms with E-state index in [1.54, 1.807) is 0 Å². The van der Waals surface area contributed by atoms with Gasteiger partial charge in [0.1, 0.15) is 11.5 Å². The van der Waals surface area contributed by atoms with E-state index in [9.17, 15) is 4.79 Å². The fraction of sp³-hybridized carbons (Fsp3) is 0.273. The van der Waals surface area contributed by atoms with Crippen LogP contribution in [0.4, 0.5) is 0 Å². The monoisotopic (exact) mass is 376 g/mol. The van der Waals surface area contributed by atoms with E-state index in [0.29, 0.717) is 13.1 Å². The van der Waals surface area contributed by atoms with Gasteiger partial charge in [-0.3, -0.25) is 9.69 Å². The second kappa shape index (κ2) is 8.27. The van der Waals surface area contributed by atoms with Gasteiger partial charge in [0.25, 0.3) is 0 Å². The molecule has 1 aliphatic rings. The number of nitrogens with one attached hydrogen (secondary N) is 1. The van der Waals surface area contributed by atoms with E-state index in [0.717, 1.165) is 42.3 Å². The van der Waals surface area contributed by atoms with Gasteiger partial charge in [-0.15, -0.1) is 0 Å². The molecule has 1 aliphatic heterocycles. The highest BCUT2D eigenvalue weighted by molar-refractivity contribution is 5.78. The van der Waals surface area contributed by atoms with Crippen molar-refractivity contribution in [2.24, 2.45) is 0 Å². The first-order chi connectivity index (χ1) is 13.7. The molecule has 28 heavy (non-hydrogen) atoms. The third kappa shape index (κ3) is 4.40. The van der Waals surface area contributed by atoms with Gasteiger partial charge < -0.3 is 9.73 Å². The lowest BCUT2D eigenvalue weighted by molar-refractivity contribution is -0.122. The molecule has 6 nitrogen and oxygen atoms in total. The summed E-state index contributed by atoms with van der Waals surface area (Å²) in [5, 5.41) is 7.39. The molecule has 0 unspecified atom stereocenters. The third-order valence-corrected chi connectivity index (χ3v) is 4.89. The number of carbonyl (C=O) groups excluding carboxylic acids is 1. The summed E-state index contributed by atoms with van der Waals surface area (Å²) in [7, 11) is 0. The van der Waals surface area contributed by atoms with Gasteiger partial charge in [0.2, 0.25) is 5.91 Å². The third-order valence-electron chi connectivity index (χ3n) is 4.89. The van der Waals surface area contributed by atoms with Gasteiger partial charge in [0, 0.05) is 24.8 Å². The van der Waals surface area contributed by atoms with Crippen LogP contribution in [-0.4, -0.2) is 40.2 Å². The lowest BCUT2D eigenvalue weighted by atomic mass is 10.0. The Morgan fingerprint density at radius 1 is 1.21 bits per heavy atom. The van der Waals surface area contributed by atoms with Gasteiger partial charge in [0.05, 0.1) is 25.0 Å². The van der Waals surface area contributed by atoms with Crippen LogP contribution in [0, 0.1) is 6.92 Å². The molecule has 0 aliphatic carbocycles. The maximum Gasteiger partial charge on any atom is 0.234 e. The minimum absolute atomic E-state index is 0.0165. The SMILES string of the molecule is Cc1ccc(CNC(=O)CN2CC=C(c3cnn(-c4ccccc4)c3)CC2)o1. The van der Waals surface area contributed by atoms with Gasteiger partial charge in [0.15, 0.2) is 0 Å². The molecule has 1 N–H and O–H groups in total. The highest BCUT2D eigenvalue weighted by Crippen LogP contribution is 2.22. The Bertz CT molecular complexity index is 971. The van der Waals surface area contributed by atoms with Crippen LogP contribution >= 0.6 is 0 Å². The molecular formula is C22H24N4O2. The Morgan fingerprint density at radius 2 is 2.07 bits per heavy atom. The summed E-state index contributed by atoms with van der Waals surface area (Å²) in [5.74, 6) is 1.65. The fourth-order valence-corrected chi connectivity index (χ4v) is 3.35. The molecule has 0 saturated heterocycles. The van der Waals surface area contributed by atoms with E-state index in [-0.39, 0.29) is 5.91 Å². The summed E-state index contributed by atoms with van der Waals surface area (Å²) in [6, 6.07) is 13.9. The summed E-state index contributed by atoms with van der Waals surface area (Å²) >= 11 is 0. The number of furan rings is 1. The van der Waals surface area contributed by atoms with E-state index in [2.05, 4.69) is 27.6 Å². The number of benzene rings is 1. The first kappa shape index (κ1) is 18.3. The Morgan fingerprint density at radius 3 is 2.79 bits per heavy atom. The van der Waals surface area contributed by atoms with Crippen molar-refractivity contribution in [3.05, 3.63) is 78.0 Å². The van der Waals surface area contributed by atoms with Crippen molar-refractivity contribution in [1.82, 2.24) is 20.0 Å².